The van der Waals surface area contributed by atoms with E-state index in [9.17, 15) is 4.79 Å². The second-order valence-electron chi connectivity index (χ2n) is 5.03. The SMILES string of the molecule is CCCCCCCCCCCCCCC(=O)O.[Pd]. The van der Waals surface area contributed by atoms with Gasteiger partial charge in [-0.1, -0.05) is 77.6 Å². The molecule has 0 bridgehead atoms. The first-order chi connectivity index (χ1) is 8.27. The minimum atomic E-state index is -0.655. The molecule has 0 fully saturated rings. The summed E-state index contributed by atoms with van der Waals surface area (Å²) < 4.78 is 0. The maximum Gasteiger partial charge on any atom is 0.303 e. The Morgan fingerprint density at radius 2 is 1.06 bits per heavy atom. The average molecular weight is 349 g/mol. The maximum absolute atomic E-state index is 10.3. The van der Waals surface area contributed by atoms with Gasteiger partial charge in [0.15, 0.2) is 0 Å². The topological polar surface area (TPSA) is 37.3 Å². The molecule has 0 aliphatic rings. The summed E-state index contributed by atoms with van der Waals surface area (Å²) in [5.74, 6) is -0.655. The molecule has 0 aliphatic heterocycles. The largest absolute Gasteiger partial charge is 0.481 e. The number of unbranched alkanes of at least 4 members (excludes halogenated alkanes) is 11. The van der Waals surface area contributed by atoms with Crippen LogP contribution >= 0.6 is 0 Å². The van der Waals surface area contributed by atoms with E-state index in [2.05, 4.69) is 6.92 Å². The molecule has 18 heavy (non-hydrogen) atoms. The predicted octanol–water partition coefficient (Wildman–Crippen LogP) is 5.16. The molecule has 0 rings (SSSR count). The fourth-order valence-corrected chi connectivity index (χ4v) is 2.12. The average Bonchev–Trinajstić information content (AvgIpc) is 2.30. The van der Waals surface area contributed by atoms with Crippen molar-refractivity contribution in [2.75, 3.05) is 0 Å². The van der Waals surface area contributed by atoms with E-state index in [4.69, 9.17) is 5.11 Å². The van der Waals surface area contributed by atoms with Crippen LogP contribution < -0.4 is 0 Å². The minimum absolute atomic E-state index is 0. The van der Waals surface area contributed by atoms with Crippen molar-refractivity contribution in [2.45, 2.75) is 90.4 Å². The van der Waals surface area contributed by atoms with Crippen LogP contribution in [0.4, 0.5) is 0 Å². The molecular formula is C15H30O2Pd. The monoisotopic (exact) mass is 348 g/mol. The van der Waals surface area contributed by atoms with Crippen molar-refractivity contribution in [3.8, 4) is 0 Å². The van der Waals surface area contributed by atoms with E-state index in [0.29, 0.717) is 6.42 Å². The zero-order valence-electron chi connectivity index (χ0n) is 11.9. The Kier molecular flexibility index (Phi) is 19.5. The van der Waals surface area contributed by atoms with Crippen LogP contribution in [-0.2, 0) is 25.2 Å². The van der Waals surface area contributed by atoms with E-state index in [1.54, 1.807) is 0 Å². The van der Waals surface area contributed by atoms with Crippen LogP contribution in [0.3, 0.4) is 0 Å². The standard InChI is InChI=1S/C15H30O2.Pd/c1-2-3-4-5-6-7-8-9-10-11-12-13-14-15(16)17;/h2-14H2,1H3,(H,16,17);. The summed E-state index contributed by atoms with van der Waals surface area (Å²) in [4.78, 5) is 10.3. The summed E-state index contributed by atoms with van der Waals surface area (Å²) in [6.45, 7) is 2.25. The summed E-state index contributed by atoms with van der Waals surface area (Å²) in [7, 11) is 0. The van der Waals surface area contributed by atoms with Crippen LogP contribution in [0.1, 0.15) is 90.4 Å². The van der Waals surface area contributed by atoms with Gasteiger partial charge in [0.2, 0.25) is 0 Å². The minimum Gasteiger partial charge on any atom is -0.481 e. The molecule has 112 valence electrons. The van der Waals surface area contributed by atoms with Gasteiger partial charge in [0, 0.05) is 26.8 Å². The quantitative estimate of drug-likeness (QED) is 0.369. The first-order valence-corrected chi connectivity index (χ1v) is 7.49. The van der Waals surface area contributed by atoms with Crippen molar-refractivity contribution < 1.29 is 30.3 Å². The van der Waals surface area contributed by atoms with Crippen LogP contribution in [0, 0.1) is 0 Å². The van der Waals surface area contributed by atoms with Crippen LogP contribution in [0.25, 0.3) is 0 Å². The Bertz CT molecular complexity index is 172. The number of rotatable bonds is 13. The molecule has 2 nitrogen and oxygen atoms in total. The van der Waals surface area contributed by atoms with Gasteiger partial charge in [-0.2, -0.15) is 0 Å². The molecule has 0 aliphatic carbocycles. The zero-order chi connectivity index (χ0) is 12.8. The molecule has 0 aromatic heterocycles. The molecular weight excluding hydrogens is 319 g/mol. The molecule has 0 aromatic rings. The Hall–Kier alpha value is 0.132. The smallest absolute Gasteiger partial charge is 0.303 e. The second-order valence-corrected chi connectivity index (χ2v) is 5.03. The van der Waals surface area contributed by atoms with Gasteiger partial charge in [-0.15, -0.1) is 0 Å². The van der Waals surface area contributed by atoms with E-state index < -0.39 is 5.97 Å². The van der Waals surface area contributed by atoms with E-state index in [1.165, 1.54) is 64.2 Å². The summed E-state index contributed by atoms with van der Waals surface area (Å²) in [6, 6.07) is 0. The second kappa shape index (κ2) is 17.1. The van der Waals surface area contributed by atoms with Crippen LogP contribution in [0.5, 0.6) is 0 Å². The van der Waals surface area contributed by atoms with Crippen molar-refractivity contribution in [1.29, 1.82) is 0 Å². The van der Waals surface area contributed by atoms with E-state index in [1.807, 2.05) is 0 Å². The van der Waals surface area contributed by atoms with Gasteiger partial charge in [-0.3, -0.25) is 4.79 Å². The predicted molar refractivity (Wildman–Crippen MR) is 73.3 cm³/mol. The molecule has 0 radical (unpaired) electrons. The molecule has 1 N–H and O–H groups in total. The zero-order valence-corrected chi connectivity index (χ0v) is 13.4. The summed E-state index contributed by atoms with van der Waals surface area (Å²) >= 11 is 0. The number of carboxylic acid groups (broad SMARTS) is 1. The fraction of sp³-hybridized carbons (Fsp3) is 0.933. The number of hydrogen-bond donors (Lipinski definition) is 1. The Balaban J connectivity index is 0. The van der Waals surface area contributed by atoms with Crippen molar-refractivity contribution in [2.24, 2.45) is 0 Å². The number of hydrogen-bond acceptors (Lipinski definition) is 1. The Labute approximate surface area is 127 Å². The van der Waals surface area contributed by atoms with E-state index in [-0.39, 0.29) is 20.4 Å². The number of carbonyl (C=O) groups is 1. The van der Waals surface area contributed by atoms with E-state index in [0.717, 1.165) is 12.8 Å². The van der Waals surface area contributed by atoms with Gasteiger partial charge in [0.05, 0.1) is 0 Å². The summed E-state index contributed by atoms with van der Waals surface area (Å²) in [6.07, 6.45) is 15.8. The van der Waals surface area contributed by atoms with Gasteiger partial charge < -0.3 is 5.11 Å². The Morgan fingerprint density at radius 3 is 1.39 bits per heavy atom. The molecule has 0 saturated heterocycles. The molecule has 0 saturated carbocycles. The summed E-state index contributed by atoms with van der Waals surface area (Å²) in [5, 5.41) is 8.47. The molecule has 0 unspecified atom stereocenters. The Morgan fingerprint density at radius 1 is 0.722 bits per heavy atom. The van der Waals surface area contributed by atoms with Crippen molar-refractivity contribution in [1.82, 2.24) is 0 Å². The van der Waals surface area contributed by atoms with Crippen molar-refractivity contribution in [3.05, 3.63) is 0 Å². The van der Waals surface area contributed by atoms with Gasteiger partial charge in [-0.05, 0) is 6.42 Å². The van der Waals surface area contributed by atoms with Crippen molar-refractivity contribution >= 4 is 5.97 Å². The molecule has 3 heteroatoms. The molecule has 0 amide bonds. The normalized spacial score (nSPS) is 10.1. The van der Waals surface area contributed by atoms with E-state index >= 15 is 0 Å². The first kappa shape index (κ1) is 20.4. The molecule has 0 heterocycles. The van der Waals surface area contributed by atoms with Gasteiger partial charge in [-0.25, -0.2) is 0 Å². The molecule has 0 atom stereocenters. The van der Waals surface area contributed by atoms with Crippen molar-refractivity contribution in [3.63, 3.8) is 0 Å². The van der Waals surface area contributed by atoms with Gasteiger partial charge in [0.25, 0.3) is 0 Å². The first-order valence-electron chi connectivity index (χ1n) is 7.49. The van der Waals surface area contributed by atoms with Crippen LogP contribution in [0.2, 0.25) is 0 Å². The van der Waals surface area contributed by atoms with Crippen LogP contribution in [0.15, 0.2) is 0 Å². The molecule has 0 spiro atoms. The maximum atomic E-state index is 10.3. The van der Waals surface area contributed by atoms with Gasteiger partial charge >= 0.3 is 5.97 Å². The third-order valence-electron chi connectivity index (χ3n) is 3.24. The molecule has 0 aromatic carbocycles. The number of aliphatic carboxylic acids is 1. The fourth-order valence-electron chi connectivity index (χ4n) is 2.12. The summed E-state index contributed by atoms with van der Waals surface area (Å²) in [5.41, 5.74) is 0. The third kappa shape index (κ3) is 18.5. The van der Waals surface area contributed by atoms with Crippen LogP contribution in [-0.4, -0.2) is 11.1 Å². The third-order valence-corrected chi connectivity index (χ3v) is 3.24. The van der Waals surface area contributed by atoms with Gasteiger partial charge in [0.1, 0.15) is 0 Å². The number of carboxylic acids is 1.